The summed E-state index contributed by atoms with van der Waals surface area (Å²) < 4.78 is 25.8. The van der Waals surface area contributed by atoms with Crippen LogP contribution in [0, 0.1) is 13.8 Å². The van der Waals surface area contributed by atoms with Crippen LogP contribution < -0.4 is 4.90 Å². The SMILES string of the molecule is Cc1cccc(N2CCN(C(=O)c3cc(C4CC4)n(C4CCS(=O)(=O)C4)n3)CC2)c1C. The van der Waals surface area contributed by atoms with E-state index < -0.39 is 9.84 Å². The molecule has 0 spiro atoms. The van der Waals surface area contributed by atoms with Crippen molar-refractivity contribution in [2.24, 2.45) is 0 Å². The van der Waals surface area contributed by atoms with E-state index in [1.165, 1.54) is 16.8 Å². The molecule has 3 fully saturated rings. The number of aromatic nitrogens is 2. The minimum Gasteiger partial charge on any atom is -0.368 e. The molecule has 5 rings (SSSR count). The van der Waals surface area contributed by atoms with Crippen LogP contribution in [-0.2, 0) is 9.84 Å². The minimum absolute atomic E-state index is 0.0397. The Morgan fingerprint density at radius 3 is 2.45 bits per heavy atom. The van der Waals surface area contributed by atoms with E-state index in [9.17, 15) is 13.2 Å². The van der Waals surface area contributed by atoms with Crippen LogP contribution in [0.15, 0.2) is 24.3 Å². The van der Waals surface area contributed by atoms with E-state index >= 15 is 0 Å². The van der Waals surface area contributed by atoms with Crippen LogP contribution in [0.25, 0.3) is 0 Å². The van der Waals surface area contributed by atoms with E-state index in [0.29, 0.717) is 31.1 Å². The molecule has 3 heterocycles. The fourth-order valence-electron chi connectivity index (χ4n) is 4.85. The molecule has 0 bridgehead atoms. The number of aryl methyl sites for hydroxylation is 1. The molecule has 2 saturated heterocycles. The molecule has 1 amide bonds. The molecule has 0 N–H and O–H groups in total. The third-order valence-corrected chi connectivity index (χ3v) is 8.77. The van der Waals surface area contributed by atoms with Gasteiger partial charge in [0.2, 0.25) is 0 Å². The predicted octanol–water partition coefficient (Wildman–Crippen LogP) is 2.70. The third kappa shape index (κ3) is 3.97. The zero-order chi connectivity index (χ0) is 21.8. The van der Waals surface area contributed by atoms with E-state index in [2.05, 4.69) is 42.0 Å². The van der Waals surface area contributed by atoms with Gasteiger partial charge in [-0.05, 0) is 56.4 Å². The fraction of sp³-hybridized carbons (Fsp3) is 0.565. The molecule has 7 nitrogen and oxygen atoms in total. The van der Waals surface area contributed by atoms with E-state index in [1.54, 1.807) is 0 Å². The van der Waals surface area contributed by atoms with Gasteiger partial charge in [-0.25, -0.2) is 8.42 Å². The molecule has 1 aromatic heterocycles. The number of piperazine rings is 1. The minimum atomic E-state index is -3.00. The lowest BCUT2D eigenvalue weighted by Crippen LogP contribution is -2.49. The zero-order valence-corrected chi connectivity index (χ0v) is 19.1. The Morgan fingerprint density at radius 1 is 1.06 bits per heavy atom. The summed E-state index contributed by atoms with van der Waals surface area (Å²) in [6.07, 6.45) is 2.77. The summed E-state index contributed by atoms with van der Waals surface area (Å²) in [4.78, 5) is 17.5. The first-order chi connectivity index (χ1) is 14.8. The van der Waals surface area contributed by atoms with Crippen molar-refractivity contribution in [3.63, 3.8) is 0 Å². The highest BCUT2D eigenvalue weighted by atomic mass is 32.2. The van der Waals surface area contributed by atoms with Crippen LogP contribution >= 0.6 is 0 Å². The summed E-state index contributed by atoms with van der Waals surface area (Å²) in [5.74, 6) is 0.725. The van der Waals surface area contributed by atoms with Crippen LogP contribution in [0.3, 0.4) is 0 Å². The number of hydrogen-bond acceptors (Lipinski definition) is 5. The van der Waals surface area contributed by atoms with Gasteiger partial charge in [-0.1, -0.05) is 12.1 Å². The first-order valence-electron chi connectivity index (χ1n) is 11.2. The number of anilines is 1. The van der Waals surface area contributed by atoms with E-state index in [0.717, 1.165) is 31.6 Å². The Hall–Kier alpha value is -2.35. The van der Waals surface area contributed by atoms with Gasteiger partial charge in [0.05, 0.1) is 17.5 Å². The number of carbonyl (C=O) groups excluding carboxylic acids is 1. The van der Waals surface area contributed by atoms with Gasteiger partial charge in [0.15, 0.2) is 15.5 Å². The molecule has 8 heteroatoms. The average molecular weight is 443 g/mol. The van der Waals surface area contributed by atoms with Crippen molar-refractivity contribution in [2.45, 2.75) is 45.1 Å². The van der Waals surface area contributed by atoms with Gasteiger partial charge < -0.3 is 9.80 Å². The highest BCUT2D eigenvalue weighted by Gasteiger charge is 2.36. The predicted molar refractivity (Wildman–Crippen MR) is 121 cm³/mol. The van der Waals surface area contributed by atoms with Crippen LogP contribution in [-0.4, -0.2) is 66.7 Å². The van der Waals surface area contributed by atoms with Gasteiger partial charge in [0, 0.05) is 43.5 Å². The standard InChI is InChI=1S/C23H30N4O3S/c1-16-4-3-5-21(17(16)2)25-9-11-26(12-10-25)23(28)20-14-22(18-6-7-18)27(24-20)19-8-13-31(29,30)15-19/h3-5,14,18-19H,6-13,15H2,1-2H3. The number of benzene rings is 1. The van der Waals surface area contributed by atoms with Crippen molar-refractivity contribution in [1.82, 2.24) is 14.7 Å². The lowest BCUT2D eigenvalue weighted by Gasteiger charge is -2.36. The molecule has 1 unspecified atom stereocenters. The Balaban J connectivity index is 1.31. The molecule has 3 aliphatic rings. The average Bonchev–Trinajstić information content (AvgIpc) is 3.40. The maximum absolute atomic E-state index is 13.2. The number of carbonyl (C=O) groups is 1. The Labute approximate surface area is 183 Å². The Kier molecular flexibility index (Phi) is 5.07. The number of hydrogen-bond donors (Lipinski definition) is 0. The highest BCUT2D eigenvalue weighted by Crippen LogP contribution is 2.42. The lowest BCUT2D eigenvalue weighted by molar-refractivity contribution is 0.0739. The van der Waals surface area contributed by atoms with Crippen LogP contribution in [0.2, 0.25) is 0 Å². The lowest BCUT2D eigenvalue weighted by atomic mass is 10.1. The molecular formula is C23H30N4O3S. The topological polar surface area (TPSA) is 75.5 Å². The second-order valence-electron chi connectivity index (χ2n) is 9.23. The van der Waals surface area contributed by atoms with Crippen LogP contribution in [0.4, 0.5) is 5.69 Å². The fourth-order valence-corrected chi connectivity index (χ4v) is 6.54. The molecule has 0 radical (unpaired) electrons. The van der Waals surface area contributed by atoms with Gasteiger partial charge in [-0.15, -0.1) is 0 Å². The van der Waals surface area contributed by atoms with E-state index in [1.807, 2.05) is 15.6 Å². The van der Waals surface area contributed by atoms with Gasteiger partial charge in [0.1, 0.15) is 0 Å². The number of sulfone groups is 1. The Bertz CT molecular complexity index is 1110. The first kappa shape index (κ1) is 20.5. The zero-order valence-electron chi connectivity index (χ0n) is 18.2. The van der Waals surface area contributed by atoms with Crippen LogP contribution in [0.1, 0.15) is 58.5 Å². The number of amides is 1. The second kappa shape index (κ2) is 7.65. The van der Waals surface area contributed by atoms with Gasteiger partial charge in [-0.2, -0.15) is 5.10 Å². The molecule has 1 aliphatic carbocycles. The third-order valence-electron chi connectivity index (χ3n) is 7.02. The van der Waals surface area contributed by atoms with Gasteiger partial charge >= 0.3 is 0 Å². The molecule has 2 aliphatic heterocycles. The van der Waals surface area contributed by atoms with Crippen molar-refractivity contribution in [1.29, 1.82) is 0 Å². The van der Waals surface area contributed by atoms with Crippen LogP contribution in [0.5, 0.6) is 0 Å². The quantitative estimate of drug-likeness (QED) is 0.728. The normalized spacial score (nSPS) is 23.4. The molecule has 1 aromatic carbocycles. The summed E-state index contributed by atoms with van der Waals surface area (Å²) in [5, 5.41) is 4.64. The Morgan fingerprint density at radius 2 is 1.81 bits per heavy atom. The molecule has 166 valence electrons. The van der Waals surface area contributed by atoms with E-state index in [-0.39, 0.29) is 23.5 Å². The van der Waals surface area contributed by atoms with Crippen molar-refractivity contribution in [3.05, 3.63) is 46.8 Å². The summed E-state index contributed by atoms with van der Waals surface area (Å²) in [5.41, 5.74) is 5.32. The van der Waals surface area contributed by atoms with Gasteiger partial charge in [-0.3, -0.25) is 9.48 Å². The molecule has 1 atom stereocenters. The first-order valence-corrected chi connectivity index (χ1v) is 13.0. The molecule has 1 saturated carbocycles. The summed E-state index contributed by atoms with van der Waals surface area (Å²) >= 11 is 0. The van der Waals surface area contributed by atoms with Crippen molar-refractivity contribution >= 4 is 21.4 Å². The smallest absolute Gasteiger partial charge is 0.274 e. The van der Waals surface area contributed by atoms with Gasteiger partial charge in [0.25, 0.3) is 5.91 Å². The van der Waals surface area contributed by atoms with E-state index in [4.69, 9.17) is 0 Å². The molecule has 2 aromatic rings. The number of nitrogens with zero attached hydrogens (tertiary/aromatic N) is 4. The molecule has 31 heavy (non-hydrogen) atoms. The summed E-state index contributed by atoms with van der Waals surface area (Å²) in [7, 11) is -3.00. The largest absolute Gasteiger partial charge is 0.368 e. The molecular weight excluding hydrogens is 412 g/mol. The highest BCUT2D eigenvalue weighted by molar-refractivity contribution is 7.91. The maximum Gasteiger partial charge on any atom is 0.274 e. The van der Waals surface area contributed by atoms with Crippen molar-refractivity contribution in [3.8, 4) is 0 Å². The summed E-state index contributed by atoms with van der Waals surface area (Å²) in [6, 6.07) is 8.15. The van der Waals surface area contributed by atoms with Crippen molar-refractivity contribution < 1.29 is 13.2 Å². The maximum atomic E-state index is 13.2. The van der Waals surface area contributed by atoms with Crippen molar-refractivity contribution in [2.75, 3.05) is 42.6 Å². The number of rotatable bonds is 4. The summed E-state index contributed by atoms with van der Waals surface area (Å²) in [6.45, 7) is 7.20. The monoisotopic (exact) mass is 442 g/mol. The second-order valence-corrected chi connectivity index (χ2v) is 11.5.